The summed E-state index contributed by atoms with van der Waals surface area (Å²) >= 11 is 0. The maximum Gasteiger partial charge on any atom is 0.408 e. The average Bonchev–Trinajstić information content (AvgIpc) is 2.62. The Bertz CT molecular complexity index is 308. The van der Waals surface area contributed by atoms with E-state index in [1.807, 2.05) is 0 Å². The number of rotatable bonds is 6. The highest BCUT2D eigenvalue weighted by atomic mass is 16.5. The summed E-state index contributed by atoms with van der Waals surface area (Å²) in [5.74, 6) is -1.49. The zero-order valence-corrected chi connectivity index (χ0v) is 10.5. The van der Waals surface area contributed by atoms with Crippen molar-refractivity contribution in [2.24, 2.45) is 5.92 Å². The molecule has 7 heteroatoms. The monoisotopic (exact) mass is 261 g/mol. The first-order valence-electron chi connectivity index (χ1n) is 5.82. The van der Waals surface area contributed by atoms with Crippen molar-refractivity contribution in [3.05, 3.63) is 0 Å². The normalized spacial score (nSPS) is 27.4. The SMILES string of the molecule is COCCCO[C@H]1CN(C(=O)O)[C@@H](C(=O)O)[C@@H]1C. The molecule has 104 valence electrons. The summed E-state index contributed by atoms with van der Waals surface area (Å²) in [6, 6.07) is -1.03. The van der Waals surface area contributed by atoms with Gasteiger partial charge in [0.05, 0.1) is 12.6 Å². The van der Waals surface area contributed by atoms with Crippen LogP contribution in [0.3, 0.4) is 0 Å². The molecule has 1 rings (SSSR count). The van der Waals surface area contributed by atoms with Crippen LogP contribution in [-0.2, 0) is 14.3 Å². The van der Waals surface area contributed by atoms with E-state index in [0.717, 1.165) is 4.90 Å². The number of likely N-dealkylation sites (tertiary alicyclic amines) is 1. The maximum absolute atomic E-state index is 11.1. The van der Waals surface area contributed by atoms with E-state index in [-0.39, 0.29) is 18.6 Å². The van der Waals surface area contributed by atoms with E-state index < -0.39 is 18.1 Å². The fraction of sp³-hybridized carbons (Fsp3) is 0.818. The number of methoxy groups -OCH3 is 1. The quantitative estimate of drug-likeness (QED) is 0.675. The van der Waals surface area contributed by atoms with Crippen LogP contribution in [0.2, 0.25) is 0 Å². The summed E-state index contributed by atoms with van der Waals surface area (Å²) in [6.07, 6.45) is -0.902. The molecule has 1 aliphatic rings. The average molecular weight is 261 g/mol. The molecule has 18 heavy (non-hydrogen) atoms. The van der Waals surface area contributed by atoms with Crippen molar-refractivity contribution in [1.29, 1.82) is 0 Å². The first kappa shape index (κ1) is 14.7. The lowest BCUT2D eigenvalue weighted by molar-refractivity contribution is -0.143. The zero-order chi connectivity index (χ0) is 13.7. The van der Waals surface area contributed by atoms with Crippen LogP contribution in [0.4, 0.5) is 4.79 Å². The predicted octanol–water partition coefficient (Wildman–Crippen LogP) is 0.491. The van der Waals surface area contributed by atoms with Crippen LogP contribution in [0, 0.1) is 5.92 Å². The Labute approximate surface area is 105 Å². The number of hydrogen-bond donors (Lipinski definition) is 2. The molecule has 1 amide bonds. The third-order valence-corrected chi connectivity index (χ3v) is 3.12. The van der Waals surface area contributed by atoms with E-state index >= 15 is 0 Å². The van der Waals surface area contributed by atoms with E-state index in [1.165, 1.54) is 0 Å². The lowest BCUT2D eigenvalue weighted by Gasteiger charge is -2.19. The van der Waals surface area contributed by atoms with E-state index in [4.69, 9.17) is 19.7 Å². The fourth-order valence-electron chi connectivity index (χ4n) is 2.16. The van der Waals surface area contributed by atoms with Crippen LogP contribution in [0.25, 0.3) is 0 Å². The summed E-state index contributed by atoms with van der Waals surface area (Å²) < 4.78 is 10.4. The lowest BCUT2D eigenvalue weighted by Crippen LogP contribution is -2.41. The Hall–Kier alpha value is -1.34. The Balaban J connectivity index is 2.56. The first-order valence-corrected chi connectivity index (χ1v) is 5.82. The van der Waals surface area contributed by atoms with Crippen molar-refractivity contribution in [2.45, 2.75) is 25.5 Å². The number of aliphatic carboxylic acids is 1. The summed E-state index contributed by atoms with van der Waals surface area (Å²) in [5, 5.41) is 18.0. The molecule has 0 unspecified atom stereocenters. The first-order chi connectivity index (χ1) is 8.49. The van der Waals surface area contributed by atoms with Crippen molar-refractivity contribution >= 4 is 12.1 Å². The van der Waals surface area contributed by atoms with Gasteiger partial charge in [0.2, 0.25) is 0 Å². The van der Waals surface area contributed by atoms with Crippen LogP contribution in [0.5, 0.6) is 0 Å². The smallest absolute Gasteiger partial charge is 0.408 e. The predicted molar refractivity (Wildman–Crippen MR) is 61.6 cm³/mol. The van der Waals surface area contributed by atoms with Crippen molar-refractivity contribution in [3.63, 3.8) is 0 Å². The third kappa shape index (κ3) is 3.33. The molecule has 0 aliphatic carbocycles. The highest BCUT2D eigenvalue weighted by Gasteiger charge is 2.46. The molecule has 0 spiro atoms. The molecule has 7 nitrogen and oxygen atoms in total. The number of carboxylic acids is 1. The number of nitrogens with zero attached hydrogens (tertiary/aromatic N) is 1. The van der Waals surface area contributed by atoms with E-state index in [0.29, 0.717) is 19.6 Å². The van der Waals surface area contributed by atoms with E-state index in [9.17, 15) is 9.59 Å². The number of hydrogen-bond acceptors (Lipinski definition) is 4. The standard InChI is InChI=1S/C11H19NO6/c1-7-8(18-5-3-4-17-2)6-12(11(15)16)9(7)10(13)14/h7-9H,3-6H2,1-2H3,(H,13,14)(H,15,16)/t7-,8+,9-/m1/s1. The molecule has 1 saturated heterocycles. The molecule has 1 aliphatic heterocycles. The number of amides is 1. The van der Waals surface area contributed by atoms with Crippen LogP contribution in [0.15, 0.2) is 0 Å². The molecule has 1 heterocycles. The summed E-state index contributed by atoms with van der Waals surface area (Å²) in [7, 11) is 1.59. The van der Waals surface area contributed by atoms with Crippen molar-refractivity contribution < 1.29 is 29.3 Å². The lowest BCUT2D eigenvalue weighted by atomic mass is 10.0. The van der Waals surface area contributed by atoms with Gasteiger partial charge >= 0.3 is 12.1 Å². The molecule has 2 N–H and O–H groups in total. The number of ether oxygens (including phenoxy) is 2. The van der Waals surface area contributed by atoms with Crippen molar-refractivity contribution in [2.75, 3.05) is 26.9 Å². The minimum Gasteiger partial charge on any atom is -0.480 e. The molecule has 0 aromatic heterocycles. The van der Waals surface area contributed by atoms with Crippen LogP contribution in [0.1, 0.15) is 13.3 Å². The molecule has 0 aromatic carbocycles. The Morgan fingerprint density at radius 1 is 1.33 bits per heavy atom. The summed E-state index contributed by atoms with van der Waals surface area (Å²) in [4.78, 5) is 23.0. The van der Waals surface area contributed by atoms with Crippen molar-refractivity contribution in [1.82, 2.24) is 4.90 Å². The minimum atomic E-state index is -1.22. The minimum absolute atomic E-state index is 0.0977. The molecular formula is C11H19NO6. The fourth-order valence-corrected chi connectivity index (χ4v) is 2.16. The van der Waals surface area contributed by atoms with Crippen molar-refractivity contribution in [3.8, 4) is 0 Å². The second-order valence-electron chi connectivity index (χ2n) is 4.33. The number of carbonyl (C=O) groups is 2. The maximum atomic E-state index is 11.1. The molecule has 0 radical (unpaired) electrons. The van der Waals surface area contributed by atoms with Gasteiger partial charge in [0.15, 0.2) is 0 Å². The van der Waals surface area contributed by atoms with E-state index in [2.05, 4.69) is 0 Å². The second kappa shape index (κ2) is 6.55. The van der Waals surface area contributed by atoms with Gasteiger partial charge in [0.1, 0.15) is 6.04 Å². The molecule has 3 atom stereocenters. The summed E-state index contributed by atoms with van der Waals surface area (Å²) in [6.45, 7) is 2.79. The van der Waals surface area contributed by atoms with Gasteiger partial charge in [-0.05, 0) is 6.42 Å². The topological polar surface area (TPSA) is 96.3 Å². The molecule has 0 bridgehead atoms. The van der Waals surface area contributed by atoms with Gasteiger partial charge in [-0.15, -0.1) is 0 Å². The Morgan fingerprint density at radius 3 is 2.44 bits per heavy atom. The van der Waals surface area contributed by atoms with Gasteiger partial charge in [0, 0.05) is 26.2 Å². The second-order valence-corrected chi connectivity index (χ2v) is 4.33. The van der Waals surface area contributed by atoms with Gasteiger partial charge < -0.3 is 19.7 Å². The van der Waals surface area contributed by atoms with E-state index in [1.54, 1.807) is 14.0 Å². The number of carboxylic acid groups (broad SMARTS) is 2. The molecule has 1 fully saturated rings. The van der Waals surface area contributed by atoms with Gasteiger partial charge in [-0.25, -0.2) is 9.59 Å². The van der Waals surface area contributed by atoms with Crippen LogP contribution < -0.4 is 0 Å². The van der Waals surface area contributed by atoms with Gasteiger partial charge in [-0.1, -0.05) is 6.92 Å². The van der Waals surface area contributed by atoms with Crippen LogP contribution >= 0.6 is 0 Å². The molecular weight excluding hydrogens is 242 g/mol. The molecule has 0 aromatic rings. The van der Waals surface area contributed by atoms with Crippen LogP contribution in [-0.4, -0.2) is 66.2 Å². The van der Waals surface area contributed by atoms with Gasteiger partial charge in [0.25, 0.3) is 0 Å². The Kier molecular flexibility index (Phi) is 5.36. The highest BCUT2D eigenvalue weighted by Crippen LogP contribution is 2.27. The zero-order valence-electron chi connectivity index (χ0n) is 10.5. The largest absolute Gasteiger partial charge is 0.480 e. The highest BCUT2D eigenvalue weighted by molar-refractivity contribution is 5.80. The van der Waals surface area contributed by atoms with Gasteiger partial charge in [-0.3, -0.25) is 4.90 Å². The van der Waals surface area contributed by atoms with Gasteiger partial charge in [-0.2, -0.15) is 0 Å². The summed E-state index contributed by atoms with van der Waals surface area (Å²) in [5.41, 5.74) is 0. The Morgan fingerprint density at radius 2 is 2.00 bits per heavy atom. The molecule has 0 saturated carbocycles. The third-order valence-electron chi connectivity index (χ3n) is 3.12.